The number of rotatable bonds is 4. The van der Waals surface area contributed by atoms with Crippen molar-refractivity contribution in [1.82, 2.24) is 5.32 Å². The molecule has 0 aliphatic carbocycles. The minimum Gasteiger partial charge on any atom is -0.466 e. The van der Waals surface area contributed by atoms with Gasteiger partial charge in [-0.05, 0) is 29.3 Å². The molecule has 0 bridgehead atoms. The molecule has 22 heavy (non-hydrogen) atoms. The standard InChI is InChI=1S/C15H15N3O3S/c1-3-10-4-6-11(7-5-10)9-16-18-15-17-14(20)12(22-15)8-13(19)21-2/h4-9H,3H2,1-2H3,(H,17,18,20)/b12-8+,16-9?. The first kappa shape index (κ1) is 16.0. The molecule has 0 aromatic heterocycles. The molecular weight excluding hydrogens is 302 g/mol. The number of hydrogen-bond acceptors (Lipinski definition) is 6. The van der Waals surface area contributed by atoms with E-state index in [2.05, 4.69) is 27.2 Å². The van der Waals surface area contributed by atoms with Crippen LogP contribution in [0.25, 0.3) is 0 Å². The number of nitrogens with one attached hydrogen (secondary N) is 1. The first-order valence-corrected chi connectivity index (χ1v) is 7.43. The van der Waals surface area contributed by atoms with Gasteiger partial charge < -0.3 is 4.74 Å². The third kappa shape index (κ3) is 4.29. The molecule has 0 unspecified atom stereocenters. The fourth-order valence-corrected chi connectivity index (χ4v) is 2.37. The van der Waals surface area contributed by atoms with Crippen LogP contribution in [0, 0.1) is 0 Å². The second-order valence-electron chi connectivity index (χ2n) is 4.33. The van der Waals surface area contributed by atoms with Gasteiger partial charge in [-0.15, -0.1) is 5.10 Å². The predicted octanol–water partition coefficient (Wildman–Crippen LogP) is 1.86. The van der Waals surface area contributed by atoms with E-state index in [1.807, 2.05) is 24.3 Å². The van der Waals surface area contributed by atoms with Gasteiger partial charge in [0.15, 0.2) is 5.17 Å². The van der Waals surface area contributed by atoms with Crippen molar-refractivity contribution < 1.29 is 14.3 Å². The average Bonchev–Trinajstić information content (AvgIpc) is 2.87. The van der Waals surface area contributed by atoms with Crippen LogP contribution in [0.15, 0.2) is 45.4 Å². The van der Waals surface area contributed by atoms with Crippen molar-refractivity contribution in [2.75, 3.05) is 7.11 Å². The Labute approximate surface area is 132 Å². The molecule has 1 aliphatic rings. The number of amidine groups is 1. The van der Waals surface area contributed by atoms with Crippen LogP contribution in [0.3, 0.4) is 0 Å². The Morgan fingerprint density at radius 2 is 2.09 bits per heavy atom. The molecule has 6 nitrogen and oxygen atoms in total. The molecule has 1 fully saturated rings. The van der Waals surface area contributed by atoms with E-state index in [1.54, 1.807) is 6.21 Å². The van der Waals surface area contributed by atoms with Crippen molar-refractivity contribution in [1.29, 1.82) is 0 Å². The van der Waals surface area contributed by atoms with Crippen LogP contribution in [-0.2, 0) is 20.7 Å². The Bertz CT molecular complexity index is 663. The first-order valence-electron chi connectivity index (χ1n) is 6.61. The van der Waals surface area contributed by atoms with Gasteiger partial charge in [-0.25, -0.2) is 4.79 Å². The van der Waals surface area contributed by atoms with Gasteiger partial charge in [-0.3, -0.25) is 10.1 Å². The molecule has 2 rings (SSSR count). The lowest BCUT2D eigenvalue weighted by Crippen LogP contribution is -2.19. The van der Waals surface area contributed by atoms with E-state index in [0.717, 1.165) is 29.8 Å². The van der Waals surface area contributed by atoms with E-state index >= 15 is 0 Å². The number of methoxy groups -OCH3 is 1. The number of hydrogen-bond donors (Lipinski definition) is 1. The maximum Gasteiger partial charge on any atom is 0.331 e. The summed E-state index contributed by atoms with van der Waals surface area (Å²) in [7, 11) is 1.25. The van der Waals surface area contributed by atoms with E-state index < -0.39 is 11.9 Å². The summed E-state index contributed by atoms with van der Waals surface area (Å²) in [6.07, 6.45) is 3.70. The van der Waals surface area contributed by atoms with Gasteiger partial charge in [0.1, 0.15) is 0 Å². The van der Waals surface area contributed by atoms with Crippen LogP contribution in [0.2, 0.25) is 0 Å². The first-order chi connectivity index (χ1) is 10.6. The molecule has 0 spiro atoms. The minimum atomic E-state index is -0.585. The average molecular weight is 317 g/mol. The molecule has 1 aromatic rings. The van der Waals surface area contributed by atoms with Gasteiger partial charge in [-0.1, -0.05) is 31.2 Å². The summed E-state index contributed by atoms with van der Waals surface area (Å²) in [6.45, 7) is 2.09. The summed E-state index contributed by atoms with van der Waals surface area (Å²) in [6, 6.07) is 7.95. The normalized spacial score (nSPS) is 18.2. The number of carbonyl (C=O) groups excluding carboxylic acids is 2. The van der Waals surface area contributed by atoms with Crippen molar-refractivity contribution in [3.05, 3.63) is 46.4 Å². The highest BCUT2D eigenvalue weighted by atomic mass is 32.2. The zero-order valence-corrected chi connectivity index (χ0v) is 13.0. The molecule has 1 saturated heterocycles. The Morgan fingerprint density at radius 3 is 2.73 bits per heavy atom. The van der Waals surface area contributed by atoms with E-state index in [0.29, 0.717) is 5.17 Å². The Morgan fingerprint density at radius 1 is 1.36 bits per heavy atom. The lowest BCUT2D eigenvalue weighted by molar-refractivity contribution is -0.135. The van der Waals surface area contributed by atoms with Gasteiger partial charge in [-0.2, -0.15) is 5.10 Å². The summed E-state index contributed by atoms with van der Waals surface area (Å²) in [5.74, 6) is -0.977. The number of esters is 1. The van der Waals surface area contributed by atoms with Crippen LogP contribution in [-0.4, -0.2) is 30.4 Å². The molecule has 7 heteroatoms. The van der Waals surface area contributed by atoms with Crippen molar-refractivity contribution in [2.45, 2.75) is 13.3 Å². The lowest BCUT2D eigenvalue weighted by atomic mass is 10.1. The molecule has 0 radical (unpaired) electrons. The molecule has 1 aliphatic heterocycles. The number of amides is 1. The van der Waals surface area contributed by atoms with Crippen molar-refractivity contribution >= 4 is 35.0 Å². The minimum absolute atomic E-state index is 0.230. The molecule has 0 atom stereocenters. The summed E-state index contributed by atoms with van der Waals surface area (Å²) < 4.78 is 4.48. The van der Waals surface area contributed by atoms with Crippen molar-refractivity contribution in [2.24, 2.45) is 10.2 Å². The predicted molar refractivity (Wildman–Crippen MR) is 86.7 cm³/mol. The van der Waals surface area contributed by atoms with Crippen LogP contribution in [0.4, 0.5) is 0 Å². The largest absolute Gasteiger partial charge is 0.466 e. The monoisotopic (exact) mass is 317 g/mol. The second-order valence-corrected chi connectivity index (χ2v) is 5.36. The SMILES string of the molecule is CCc1ccc(C=N/N=C2/NC(=O)/C(=C\C(=O)OC)S2)cc1. The Kier molecular flexibility index (Phi) is 5.48. The van der Waals surface area contributed by atoms with E-state index in [9.17, 15) is 9.59 Å². The summed E-state index contributed by atoms with van der Waals surface area (Å²) in [5.41, 5.74) is 2.17. The maximum atomic E-state index is 11.6. The van der Waals surface area contributed by atoms with E-state index in [4.69, 9.17) is 0 Å². The third-order valence-corrected chi connectivity index (χ3v) is 3.74. The molecule has 1 aromatic carbocycles. The number of nitrogens with zero attached hydrogens (tertiary/aromatic N) is 2. The highest BCUT2D eigenvalue weighted by Crippen LogP contribution is 2.23. The van der Waals surface area contributed by atoms with Crippen molar-refractivity contribution in [3.8, 4) is 0 Å². The Balaban J connectivity index is 2.01. The Hall–Kier alpha value is -2.41. The molecule has 1 N–H and O–H groups in total. The van der Waals surface area contributed by atoms with Crippen LogP contribution in [0.5, 0.6) is 0 Å². The highest BCUT2D eigenvalue weighted by molar-refractivity contribution is 8.18. The number of benzene rings is 1. The molecule has 1 amide bonds. The van der Waals surface area contributed by atoms with Crippen LogP contribution in [0.1, 0.15) is 18.1 Å². The van der Waals surface area contributed by atoms with E-state index in [-0.39, 0.29) is 4.91 Å². The van der Waals surface area contributed by atoms with Crippen LogP contribution < -0.4 is 5.32 Å². The summed E-state index contributed by atoms with van der Waals surface area (Å²) in [5, 5.41) is 10.7. The summed E-state index contributed by atoms with van der Waals surface area (Å²) in [4.78, 5) is 22.9. The fourth-order valence-electron chi connectivity index (χ4n) is 1.63. The van der Waals surface area contributed by atoms with Gasteiger partial charge in [0, 0.05) is 6.08 Å². The molecular formula is C15H15N3O3S. The van der Waals surface area contributed by atoms with Gasteiger partial charge in [0.25, 0.3) is 5.91 Å². The number of thioether (sulfide) groups is 1. The maximum absolute atomic E-state index is 11.6. The second kappa shape index (κ2) is 7.56. The van der Waals surface area contributed by atoms with Gasteiger partial charge in [0.05, 0.1) is 18.2 Å². The third-order valence-electron chi connectivity index (χ3n) is 2.84. The zero-order chi connectivity index (χ0) is 15.9. The number of ether oxygens (including phenoxy) is 1. The zero-order valence-electron chi connectivity index (χ0n) is 12.2. The summed E-state index contributed by atoms with van der Waals surface area (Å²) >= 11 is 1.04. The molecule has 0 saturated carbocycles. The number of carbonyl (C=O) groups is 2. The molecule has 114 valence electrons. The highest BCUT2D eigenvalue weighted by Gasteiger charge is 2.24. The van der Waals surface area contributed by atoms with Crippen LogP contribution >= 0.6 is 11.8 Å². The topological polar surface area (TPSA) is 80.1 Å². The fraction of sp³-hybridized carbons (Fsp3) is 0.200. The quantitative estimate of drug-likeness (QED) is 0.398. The number of aryl methyl sites for hydroxylation is 1. The smallest absolute Gasteiger partial charge is 0.331 e. The van der Waals surface area contributed by atoms with Gasteiger partial charge in [0.2, 0.25) is 0 Å². The lowest BCUT2D eigenvalue weighted by Gasteiger charge is -1.95. The van der Waals surface area contributed by atoms with Gasteiger partial charge >= 0.3 is 5.97 Å². The molecule has 1 heterocycles. The van der Waals surface area contributed by atoms with E-state index in [1.165, 1.54) is 12.7 Å². The van der Waals surface area contributed by atoms with Crippen molar-refractivity contribution in [3.63, 3.8) is 0 Å².